The third kappa shape index (κ3) is 2.29. The van der Waals surface area contributed by atoms with Crippen LogP contribution in [0.2, 0.25) is 0 Å². The van der Waals surface area contributed by atoms with Gasteiger partial charge < -0.3 is 0 Å². The Bertz CT molecular complexity index is 537. The summed E-state index contributed by atoms with van der Waals surface area (Å²) in [6, 6.07) is 9.42. The highest BCUT2D eigenvalue weighted by Gasteiger charge is 2.11. The SMILES string of the molecule is Cc1cncc(C(=O)c2ccccc2I)c1. The zero-order chi connectivity index (χ0) is 11.5. The van der Waals surface area contributed by atoms with E-state index in [4.69, 9.17) is 0 Å². The van der Waals surface area contributed by atoms with E-state index in [1.165, 1.54) is 0 Å². The molecule has 0 N–H and O–H groups in total. The van der Waals surface area contributed by atoms with Crippen molar-refractivity contribution in [3.05, 3.63) is 63.0 Å². The van der Waals surface area contributed by atoms with E-state index >= 15 is 0 Å². The van der Waals surface area contributed by atoms with Crippen molar-refractivity contribution in [2.45, 2.75) is 6.92 Å². The second kappa shape index (κ2) is 4.74. The smallest absolute Gasteiger partial charge is 0.195 e. The van der Waals surface area contributed by atoms with Gasteiger partial charge in [-0.1, -0.05) is 12.1 Å². The lowest BCUT2D eigenvalue weighted by atomic mass is 10.0. The minimum Gasteiger partial charge on any atom is -0.289 e. The van der Waals surface area contributed by atoms with Crippen molar-refractivity contribution in [3.63, 3.8) is 0 Å². The van der Waals surface area contributed by atoms with Crippen LogP contribution in [0.3, 0.4) is 0 Å². The lowest BCUT2D eigenvalue weighted by molar-refractivity contribution is 0.103. The molecule has 2 rings (SSSR count). The Labute approximate surface area is 108 Å². The maximum absolute atomic E-state index is 12.2. The van der Waals surface area contributed by atoms with E-state index in [0.717, 1.165) is 14.7 Å². The van der Waals surface area contributed by atoms with Crippen molar-refractivity contribution in [2.75, 3.05) is 0 Å². The molecule has 16 heavy (non-hydrogen) atoms. The van der Waals surface area contributed by atoms with Crippen LogP contribution in [-0.4, -0.2) is 10.8 Å². The fourth-order valence-electron chi connectivity index (χ4n) is 1.48. The van der Waals surface area contributed by atoms with Gasteiger partial charge >= 0.3 is 0 Å². The fraction of sp³-hybridized carbons (Fsp3) is 0.0769. The number of benzene rings is 1. The lowest BCUT2D eigenvalue weighted by Crippen LogP contribution is -2.04. The molecule has 2 aromatic rings. The first-order chi connectivity index (χ1) is 7.68. The van der Waals surface area contributed by atoms with Gasteiger partial charge in [0.05, 0.1) is 0 Å². The number of halogens is 1. The molecule has 0 aliphatic heterocycles. The Morgan fingerprint density at radius 1 is 1.25 bits per heavy atom. The first kappa shape index (κ1) is 11.3. The number of ketones is 1. The van der Waals surface area contributed by atoms with Gasteiger partial charge in [0, 0.05) is 27.1 Å². The van der Waals surface area contributed by atoms with Gasteiger partial charge in [-0.3, -0.25) is 9.78 Å². The molecule has 0 spiro atoms. The van der Waals surface area contributed by atoms with Gasteiger partial charge in [-0.25, -0.2) is 0 Å². The Morgan fingerprint density at radius 2 is 2.00 bits per heavy atom. The Hall–Kier alpha value is -1.23. The molecular weight excluding hydrogens is 313 g/mol. The van der Waals surface area contributed by atoms with Crippen molar-refractivity contribution < 1.29 is 4.79 Å². The molecule has 0 fully saturated rings. The number of aromatic nitrogens is 1. The van der Waals surface area contributed by atoms with Crippen molar-refractivity contribution in [2.24, 2.45) is 0 Å². The van der Waals surface area contributed by atoms with Gasteiger partial charge in [-0.15, -0.1) is 0 Å². The maximum atomic E-state index is 12.2. The summed E-state index contributed by atoms with van der Waals surface area (Å²) in [4.78, 5) is 16.2. The molecule has 0 aliphatic carbocycles. The molecular formula is C13H10INO. The number of nitrogens with zero attached hydrogens (tertiary/aromatic N) is 1. The Morgan fingerprint density at radius 3 is 2.69 bits per heavy atom. The number of rotatable bonds is 2. The fourth-order valence-corrected chi connectivity index (χ4v) is 2.11. The standard InChI is InChI=1S/C13H10INO/c1-9-6-10(8-15-7-9)13(16)11-4-2-3-5-12(11)14/h2-8H,1H3. The molecule has 3 heteroatoms. The van der Waals surface area contributed by atoms with Gasteiger partial charge in [0.15, 0.2) is 5.78 Å². The van der Waals surface area contributed by atoms with E-state index in [2.05, 4.69) is 27.6 Å². The van der Waals surface area contributed by atoms with Crippen LogP contribution in [0.25, 0.3) is 0 Å². The van der Waals surface area contributed by atoms with Gasteiger partial charge in [-0.2, -0.15) is 0 Å². The van der Waals surface area contributed by atoms with Crippen LogP contribution in [0.15, 0.2) is 42.7 Å². The monoisotopic (exact) mass is 323 g/mol. The summed E-state index contributed by atoms with van der Waals surface area (Å²) in [6.07, 6.45) is 3.35. The first-order valence-electron chi connectivity index (χ1n) is 4.89. The van der Waals surface area contributed by atoms with Crippen molar-refractivity contribution >= 4 is 28.4 Å². The minimum atomic E-state index is 0.0289. The maximum Gasteiger partial charge on any atom is 0.195 e. The van der Waals surface area contributed by atoms with Gasteiger partial charge in [0.2, 0.25) is 0 Å². The number of carbonyl (C=O) groups is 1. The third-order valence-electron chi connectivity index (χ3n) is 2.26. The molecule has 0 atom stereocenters. The average Bonchev–Trinajstić information content (AvgIpc) is 2.29. The van der Waals surface area contributed by atoms with Crippen molar-refractivity contribution in [3.8, 4) is 0 Å². The zero-order valence-electron chi connectivity index (χ0n) is 8.77. The molecule has 0 unspecified atom stereocenters. The molecule has 0 bridgehead atoms. The molecule has 80 valence electrons. The Balaban J connectivity index is 2.44. The van der Waals surface area contributed by atoms with Crippen molar-refractivity contribution in [1.29, 1.82) is 0 Å². The summed E-state index contributed by atoms with van der Waals surface area (Å²) < 4.78 is 0.964. The number of carbonyl (C=O) groups excluding carboxylic acids is 1. The molecule has 1 aromatic carbocycles. The summed E-state index contributed by atoms with van der Waals surface area (Å²) in [5.74, 6) is 0.0289. The van der Waals surface area contributed by atoms with E-state index < -0.39 is 0 Å². The summed E-state index contributed by atoms with van der Waals surface area (Å²) in [5.41, 5.74) is 2.37. The zero-order valence-corrected chi connectivity index (χ0v) is 10.9. The van der Waals surface area contributed by atoms with Gasteiger partial charge in [0.25, 0.3) is 0 Å². The average molecular weight is 323 g/mol. The van der Waals surface area contributed by atoms with E-state index in [1.807, 2.05) is 37.3 Å². The van der Waals surface area contributed by atoms with Crippen LogP contribution in [-0.2, 0) is 0 Å². The molecule has 0 radical (unpaired) electrons. The number of hydrogen-bond acceptors (Lipinski definition) is 2. The number of aryl methyl sites for hydroxylation is 1. The second-order valence-corrected chi connectivity index (χ2v) is 4.72. The van der Waals surface area contributed by atoms with E-state index in [1.54, 1.807) is 12.4 Å². The molecule has 0 saturated carbocycles. The third-order valence-corrected chi connectivity index (χ3v) is 3.20. The second-order valence-electron chi connectivity index (χ2n) is 3.56. The number of pyridine rings is 1. The first-order valence-corrected chi connectivity index (χ1v) is 5.97. The molecule has 0 aliphatic rings. The quantitative estimate of drug-likeness (QED) is 0.627. The summed E-state index contributed by atoms with van der Waals surface area (Å²) in [7, 11) is 0. The van der Waals surface area contributed by atoms with E-state index in [9.17, 15) is 4.79 Å². The number of hydrogen-bond donors (Lipinski definition) is 0. The van der Waals surface area contributed by atoms with Gasteiger partial charge in [-0.05, 0) is 53.3 Å². The molecule has 0 amide bonds. The highest BCUT2D eigenvalue weighted by molar-refractivity contribution is 14.1. The van der Waals surface area contributed by atoms with Crippen LogP contribution in [0.1, 0.15) is 21.5 Å². The van der Waals surface area contributed by atoms with E-state index in [0.29, 0.717) is 5.56 Å². The predicted molar refractivity (Wildman–Crippen MR) is 71.6 cm³/mol. The van der Waals surface area contributed by atoms with Crippen LogP contribution >= 0.6 is 22.6 Å². The largest absolute Gasteiger partial charge is 0.289 e. The topological polar surface area (TPSA) is 30.0 Å². The normalized spacial score (nSPS) is 10.1. The predicted octanol–water partition coefficient (Wildman–Crippen LogP) is 3.23. The van der Waals surface area contributed by atoms with Gasteiger partial charge in [0.1, 0.15) is 0 Å². The summed E-state index contributed by atoms with van der Waals surface area (Å²) in [5, 5.41) is 0. The summed E-state index contributed by atoms with van der Waals surface area (Å²) in [6.45, 7) is 1.93. The summed E-state index contributed by atoms with van der Waals surface area (Å²) >= 11 is 2.17. The molecule has 2 nitrogen and oxygen atoms in total. The van der Waals surface area contributed by atoms with Crippen LogP contribution in [0.5, 0.6) is 0 Å². The van der Waals surface area contributed by atoms with Crippen molar-refractivity contribution in [1.82, 2.24) is 4.98 Å². The van der Waals surface area contributed by atoms with Crippen LogP contribution in [0, 0.1) is 10.5 Å². The minimum absolute atomic E-state index is 0.0289. The van der Waals surface area contributed by atoms with Crippen LogP contribution in [0.4, 0.5) is 0 Å². The van der Waals surface area contributed by atoms with E-state index in [-0.39, 0.29) is 5.78 Å². The van der Waals surface area contributed by atoms with Crippen LogP contribution < -0.4 is 0 Å². The molecule has 1 aromatic heterocycles. The molecule has 0 saturated heterocycles. The molecule has 1 heterocycles. The highest BCUT2D eigenvalue weighted by Crippen LogP contribution is 2.16. The highest BCUT2D eigenvalue weighted by atomic mass is 127. The lowest BCUT2D eigenvalue weighted by Gasteiger charge is -2.03. The Kier molecular flexibility index (Phi) is 3.33.